The van der Waals surface area contributed by atoms with Crippen molar-refractivity contribution < 1.29 is 24.1 Å². The number of hydrogen-bond acceptors (Lipinski definition) is 4. The quantitative estimate of drug-likeness (QED) is 0.549. The Morgan fingerprint density at radius 2 is 1.82 bits per heavy atom. The zero-order valence-corrected chi connectivity index (χ0v) is 20.4. The molecule has 0 aromatic rings. The molecule has 33 heavy (non-hydrogen) atoms. The van der Waals surface area contributed by atoms with E-state index in [-0.39, 0.29) is 18.4 Å². The summed E-state index contributed by atoms with van der Waals surface area (Å²) in [7, 11) is 0. The molecule has 0 bridgehead atoms. The molecule has 3 aliphatic carbocycles. The van der Waals surface area contributed by atoms with Crippen LogP contribution in [-0.4, -0.2) is 64.1 Å². The van der Waals surface area contributed by atoms with Crippen molar-refractivity contribution in [3.05, 3.63) is 23.3 Å². The summed E-state index contributed by atoms with van der Waals surface area (Å²) in [6.07, 6.45) is 9.31. The highest BCUT2D eigenvalue weighted by atomic mass is 19.3. The first-order valence-electron chi connectivity index (χ1n) is 13.1. The third-order valence-electron chi connectivity index (χ3n) is 9.33. The Labute approximate surface area is 197 Å². The molecule has 188 valence electrons. The zero-order chi connectivity index (χ0) is 23.8. The van der Waals surface area contributed by atoms with Crippen LogP contribution in [0.5, 0.6) is 0 Å². The van der Waals surface area contributed by atoms with Gasteiger partial charge in [-0.2, -0.15) is 0 Å². The molecule has 0 aromatic carbocycles. The zero-order valence-electron chi connectivity index (χ0n) is 20.4. The van der Waals surface area contributed by atoms with E-state index in [4.69, 9.17) is 0 Å². The average Bonchev–Trinajstić information content (AvgIpc) is 3.09. The number of piperidine rings is 1. The van der Waals surface area contributed by atoms with Crippen molar-refractivity contribution in [2.75, 3.05) is 19.6 Å². The number of allylic oxidation sites excluding steroid dienone is 3. The van der Waals surface area contributed by atoms with Crippen LogP contribution >= 0.6 is 0 Å². The van der Waals surface area contributed by atoms with Crippen molar-refractivity contribution in [2.45, 2.75) is 102 Å². The van der Waals surface area contributed by atoms with E-state index in [1.807, 2.05) is 0 Å². The molecule has 7 atom stereocenters. The number of nitrogens with zero attached hydrogens (tertiary/aromatic N) is 1. The number of rotatable bonds is 5. The van der Waals surface area contributed by atoms with Gasteiger partial charge in [0.1, 0.15) is 5.60 Å². The lowest BCUT2D eigenvalue weighted by molar-refractivity contribution is -0.133. The fraction of sp³-hybridized carbons (Fsp3) is 0.852. The average molecular weight is 468 g/mol. The van der Waals surface area contributed by atoms with E-state index >= 15 is 0 Å². The van der Waals surface area contributed by atoms with E-state index in [1.165, 1.54) is 31.3 Å². The van der Waals surface area contributed by atoms with Crippen LogP contribution in [0.2, 0.25) is 0 Å². The van der Waals surface area contributed by atoms with Crippen molar-refractivity contribution in [1.29, 1.82) is 0 Å². The summed E-state index contributed by atoms with van der Waals surface area (Å²) >= 11 is 0. The van der Waals surface area contributed by atoms with Crippen LogP contribution in [0.15, 0.2) is 23.3 Å². The SMILES string of the molecule is C[C@H](CN1CCCC(O)(C(F)F)C1)[C@H]1CC[C@H]2/C(=C/C=C3C[C@@H](O)C[C@H](O)C3)CCC[C@]12C. The van der Waals surface area contributed by atoms with Crippen LogP contribution in [-0.2, 0) is 0 Å². The number of aliphatic hydroxyl groups is 3. The van der Waals surface area contributed by atoms with E-state index < -0.39 is 24.2 Å². The molecule has 4 nitrogen and oxygen atoms in total. The van der Waals surface area contributed by atoms with Crippen molar-refractivity contribution in [1.82, 2.24) is 4.90 Å². The smallest absolute Gasteiger partial charge is 0.268 e. The molecule has 3 saturated carbocycles. The van der Waals surface area contributed by atoms with Gasteiger partial charge in [-0.05, 0) is 93.9 Å². The third kappa shape index (κ3) is 5.39. The first-order valence-corrected chi connectivity index (χ1v) is 13.1. The van der Waals surface area contributed by atoms with Gasteiger partial charge < -0.3 is 15.3 Å². The summed E-state index contributed by atoms with van der Waals surface area (Å²) < 4.78 is 26.8. The maximum absolute atomic E-state index is 13.4. The highest BCUT2D eigenvalue weighted by molar-refractivity contribution is 5.26. The lowest BCUT2D eigenvalue weighted by atomic mass is 9.61. The summed E-state index contributed by atoms with van der Waals surface area (Å²) in [5.41, 5.74) is 1.02. The molecule has 0 amide bonds. The minimum absolute atomic E-state index is 0.0816. The van der Waals surface area contributed by atoms with E-state index in [0.717, 1.165) is 25.1 Å². The van der Waals surface area contributed by atoms with Crippen LogP contribution in [0.1, 0.15) is 78.1 Å². The van der Waals surface area contributed by atoms with Crippen LogP contribution < -0.4 is 0 Å². The Balaban J connectivity index is 1.43. The molecular weight excluding hydrogens is 424 g/mol. The standard InChI is InChI=1S/C27H43F2NO3/c1-18(16-30-12-4-11-27(33,17-30)25(28)29)23-8-9-24-20(5-3-10-26(23,24)2)7-6-19-13-21(31)15-22(32)14-19/h6-7,18,21-25,31-33H,3-5,8-17H2,1-2H3/b20-7+/t18-,21-,22-,23-,24+,26-,27?/m1/s1. The van der Waals surface area contributed by atoms with Crippen LogP contribution in [0.3, 0.4) is 0 Å². The van der Waals surface area contributed by atoms with Gasteiger partial charge in [-0.3, -0.25) is 4.90 Å². The number of hydrogen-bond donors (Lipinski definition) is 3. The number of likely N-dealkylation sites (tertiary alicyclic amines) is 1. The molecule has 4 rings (SSSR count). The van der Waals surface area contributed by atoms with E-state index in [0.29, 0.717) is 43.4 Å². The van der Waals surface area contributed by atoms with Gasteiger partial charge >= 0.3 is 0 Å². The van der Waals surface area contributed by atoms with Crippen LogP contribution in [0.4, 0.5) is 8.78 Å². The molecule has 1 heterocycles. The summed E-state index contributed by atoms with van der Waals surface area (Å²) in [4.78, 5) is 2.07. The summed E-state index contributed by atoms with van der Waals surface area (Å²) in [5.74, 6) is 1.51. The second-order valence-corrected chi connectivity index (χ2v) is 11.8. The number of β-amino-alcohol motifs (C(OH)–C–C–N with tert-alkyl or cyclic N) is 1. The fourth-order valence-corrected chi connectivity index (χ4v) is 7.77. The van der Waals surface area contributed by atoms with Crippen molar-refractivity contribution in [3.63, 3.8) is 0 Å². The molecule has 1 unspecified atom stereocenters. The van der Waals surface area contributed by atoms with Crippen molar-refractivity contribution in [3.8, 4) is 0 Å². The molecule has 3 N–H and O–H groups in total. The van der Waals surface area contributed by atoms with Gasteiger partial charge in [0.25, 0.3) is 6.43 Å². The topological polar surface area (TPSA) is 63.9 Å². The second-order valence-electron chi connectivity index (χ2n) is 11.8. The van der Waals surface area contributed by atoms with E-state index in [9.17, 15) is 24.1 Å². The molecule has 0 spiro atoms. The number of fused-ring (bicyclic) bond motifs is 1. The summed E-state index contributed by atoms with van der Waals surface area (Å²) in [6, 6.07) is 0. The molecule has 4 fully saturated rings. The monoisotopic (exact) mass is 467 g/mol. The van der Waals surface area contributed by atoms with Gasteiger partial charge in [0.05, 0.1) is 12.2 Å². The first kappa shape index (κ1) is 25.3. The predicted molar refractivity (Wildman–Crippen MR) is 126 cm³/mol. The molecule has 0 aromatic heterocycles. The minimum Gasteiger partial charge on any atom is -0.393 e. The maximum Gasteiger partial charge on any atom is 0.268 e. The molecule has 0 radical (unpaired) electrons. The van der Waals surface area contributed by atoms with E-state index in [1.54, 1.807) is 0 Å². The van der Waals surface area contributed by atoms with E-state index in [2.05, 4.69) is 30.9 Å². The summed E-state index contributed by atoms with van der Waals surface area (Å²) in [5, 5.41) is 30.3. The number of aliphatic hydroxyl groups excluding tert-OH is 2. The van der Waals surface area contributed by atoms with Crippen LogP contribution in [0.25, 0.3) is 0 Å². The maximum atomic E-state index is 13.4. The second kappa shape index (κ2) is 10.0. The van der Waals surface area contributed by atoms with Gasteiger partial charge in [0, 0.05) is 13.1 Å². The molecule has 1 aliphatic heterocycles. The fourth-order valence-electron chi connectivity index (χ4n) is 7.77. The van der Waals surface area contributed by atoms with Gasteiger partial charge in [-0.25, -0.2) is 8.78 Å². The minimum atomic E-state index is -2.68. The third-order valence-corrected chi connectivity index (χ3v) is 9.33. The van der Waals surface area contributed by atoms with Gasteiger partial charge in [0.2, 0.25) is 0 Å². The Bertz CT molecular complexity index is 744. The normalized spacial score (nSPS) is 42.5. The lowest BCUT2D eigenvalue weighted by Gasteiger charge is -2.46. The molecular formula is C27H43F2NO3. The largest absolute Gasteiger partial charge is 0.393 e. The Morgan fingerprint density at radius 1 is 1.09 bits per heavy atom. The number of alkyl halides is 2. The number of halogens is 2. The Morgan fingerprint density at radius 3 is 2.52 bits per heavy atom. The Hall–Kier alpha value is -0.820. The molecule has 4 aliphatic rings. The van der Waals surface area contributed by atoms with Crippen LogP contribution in [0, 0.1) is 23.2 Å². The van der Waals surface area contributed by atoms with Crippen molar-refractivity contribution in [2.24, 2.45) is 23.2 Å². The molecule has 1 saturated heterocycles. The molecule has 6 heteroatoms. The van der Waals surface area contributed by atoms with Gasteiger partial charge in [0.15, 0.2) is 0 Å². The highest BCUT2D eigenvalue weighted by Gasteiger charge is 2.51. The van der Waals surface area contributed by atoms with Gasteiger partial charge in [-0.1, -0.05) is 37.1 Å². The highest BCUT2D eigenvalue weighted by Crippen LogP contribution is 2.59. The van der Waals surface area contributed by atoms with Crippen molar-refractivity contribution >= 4 is 0 Å². The predicted octanol–water partition coefficient (Wildman–Crippen LogP) is 4.69. The summed E-state index contributed by atoms with van der Waals surface area (Å²) in [6.45, 7) is 6.37. The lowest BCUT2D eigenvalue weighted by Crippen LogP contribution is -2.54. The first-order chi connectivity index (χ1) is 15.6. The van der Waals surface area contributed by atoms with Gasteiger partial charge in [-0.15, -0.1) is 0 Å². The Kier molecular flexibility index (Phi) is 7.69.